The Balaban J connectivity index is 1.56. The highest BCUT2D eigenvalue weighted by Gasteiger charge is 2.02. The summed E-state index contributed by atoms with van der Waals surface area (Å²) in [6.45, 7) is 5.76. The monoisotopic (exact) mass is 280 g/mol. The summed E-state index contributed by atoms with van der Waals surface area (Å²) in [6.07, 6.45) is 2.86. The average Bonchev–Trinajstić information content (AvgIpc) is 2.86. The fourth-order valence-electron chi connectivity index (χ4n) is 2.62. The van der Waals surface area contributed by atoms with Gasteiger partial charge in [0, 0.05) is 18.4 Å². The normalized spacial score (nSPS) is 11.0. The molecular formula is C18H20N2O. The van der Waals surface area contributed by atoms with Crippen LogP contribution in [0, 0.1) is 13.8 Å². The van der Waals surface area contributed by atoms with Gasteiger partial charge < -0.3 is 4.74 Å². The zero-order chi connectivity index (χ0) is 14.7. The molecule has 3 heteroatoms. The number of aromatic nitrogens is 2. The summed E-state index contributed by atoms with van der Waals surface area (Å²) in [4.78, 5) is 0. The van der Waals surface area contributed by atoms with Crippen LogP contribution in [0.2, 0.25) is 0 Å². The summed E-state index contributed by atoms with van der Waals surface area (Å²) in [5, 5.41) is 5.62. The Morgan fingerprint density at radius 1 is 1.05 bits per heavy atom. The van der Waals surface area contributed by atoms with Crippen LogP contribution in [0.15, 0.2) is 48.7 Å². The van der Waals surface area contributed by atoms with Crippen molar-refractivity contribution < 1.29 is 4.74 Å². The first kappa shape index (κ1) is 13.7. The molecule has 0 atom stereocenters. The van der Waals surface area contributed by atoms with Crippen LogP contribution < -0.4 is 4.74 Å². The third-order valence-corrected chi connectivity index (χ3v) is 3.53. The molecule has 3 aromatic rings. The second kappa shape index (κ2) is 6.00. The van der Waals surface area contributed by atoms with E-state index >= 15 is 0 Å². The number of hydrogen-bond acceptors (Lipinski definition) is 2. The molecule has 0 unspecified atom stereocenters. The number of nitrogens with zero attached hydrogens (tertiary/aromatic N) is 2. The molecule has 0 amide bonds. The van der Waals surface area contributed by atoms with Crippen molar-refractivity contribution in [2.24, 2.45) is 0 Å². The lowest BCUT2D eigenvalue weighted by Gasteiger charge is -2.08. The maximum absolute atomic E-state index is 5.84. The second-order valence-corrected chi connectivity index (χ2v) is 5.45. The van der Waals surface area contributed by atoms with E-state index in [1.165, 1.54) is 22.0 Å². The first-order valence-corrected chi connectivity index (χ1v) is 7.34. The van der Waals surface area contributed by atoms with E-state index in [0.29, 0.717) is 6.61 Å². The molecule has 0 N–H and O–H groups in total. The molecule has 0 saturated heterocycles. The summed E-state index contributed by atoms with van der Waals surface area (Å²) in [6, 6.07) is 14.6. The van der Waals surface area contributed by atoms with Crippen LogP contribution in [0.3, 0.4) is 0 Å². The van der Waals surface area contributed by atoms with E-state index in [4.69, 9.17) is 4.74 Å². The van der Waals surface area contributed by atoms with Crippen molar-refractivity contribution >= 4 is 10.9 Å². The second-order valence-electron chi connectivity index (χ2n) is 5.45. The molecule has 3 rings (SSSR count). The maximum atomic E-state index is 5.84. The Bertz CT molecular complexity index is 726. The van der Waals surface area contributed by atoms with E-state index in [2.05, 4.69) is 49.3 Å². The standard InChI is InChI=1S/C18H20N2O/c1-14-10-15(2)12-17(11-14)21-9-5-8-20-18-7-4-3-6-16(18)13-19-20/h3-4,6-7,10-13H,5,8-9H2,1-2H3. The van der Waals surface area contributed by atoms with Gasteiger partial charge in [-0.25, -0.2) is 0 Å². The minimum Gasteiger partial charge on any atom is -0.494 e. The van der Waals surface area contributed by atoms with E-state index in [1.54, 1.807) is 0 Å². The SMILES string of the molecule is Cc1cc(C)cc(OCCCn2ncc3ccccc32)c1. The van der Waals surface area contributed by atoms with Crippen LogP contribution in [0.25, 0.3) is 10.9 Å². The lowest BCUT2D eigenvalue weighted by molar-refractivity contribution is 0.299. The Kier molecular flexibility index (Phi) is 3.91. The fourth-order valence-corrected chi connectivity index (χ4v) is 2.62. The van der Waals surface area contributed by atoms with Crippen molar-refractivity contribution in [2.45, 2.75) is 26.8 Å². The Labute approximate surface area is 125 Å². The smallest absolute Gasteiger partial charge is 0.119 e. The minimum absolute atomic E-state index is 0.705. The Morgan fingerprint density at radius 2 is 1.81 bits per heavy atom. The van der Waals surface area contributed by atoms with Gasteiger partial charge in [0.25, 0.3) is 0 Å². The van der Waals surface area contributed by atoms with Crippen LogP contribution in [0.1, 0.15) is 17.5 Å². The molecule has 1 aromatic heterocycles. The molecule has 1 heterocycles. The van der Waals surface area contributed by atoms with Crippen LogP contribution in [-0.4, -0.2) is 16.4 Å². The van der Waals surface area contributed by atoms with Gasteiger partial charge in [-0.1, -0.05) is 24.3 Å². The van der Waals surface area contributed by atoms with Crippen LogP contribution in [0.4, 0.5) is 0 Å². The van der Waals surface area contributed by atoms with Gasteiger partial charge in [0.05, 0.1) is 18.3 Å². The van der Waals surface area contributed by atoms with Crippen molar-refractivity contribution in [3.63, 3.8) is 0 Å². The van der Waals surface area contributed by atoms with E-state index in [1.807, 2.05) is 23.0 Å². The maximum Gasteiger partial charge on any atom is 0.119 e. The number of hydrogen-bond donors (Lipinski definition) is 0. The molecule has 0 fully saturated rings. The van der Waals surface area contributed by atoms with Gasteiger partial charge >= 0.3 is 0 Å². The summed E-state index contributed by atoms with van der Waals surface area (Å²) in [7, 11) is 0. The summed E-state index contributed by atoms with van der Waals surface area (Å²) >= 11 is 0. The topological polar surface area (TPSA) is 27.1 Å². The first-order chi connectivity index (χ1) is 10.2. The Hall–Kier alpha value is -2.29. The van der Waals surface area contributed by atoms with Crippen LogP contribution >= 0.6 is 0 Å². The van der Waals surface area contributed by atoms with Gasteiger partial charge in [-0.15, -0.1) is 0 Å². The van der Waals surface area contributed by atoms with Crippen molar-refractivity contribution in [1.29, 1.82) is 0 Å². The van der Waals surface area contributed by atoms with Gasteiger partial charge in [-0.2, -0.15) is 5.10 Å². The molecule has 0 aliphatic carbocycles. The van der Waals surface area contributed by atoms with Crippen molar-refractivity contribution in [1.82, 2.24) is 9.78 Å². The van der Waals surface area contributed by atoms with E-state index < -0.39 is 0 Å². The number of aryl methyl sites for hydroxylation is 3. The number of para-hydroxylation sites is 1. The highest BCUT2D eigenvalue weighted by Crippen LogP contribution is 2.17. The molecule has 0 aliphatic rings. The largest absolute Gasteiger partial charge is 0.494 e. The van der Waals surface area contributed by atoms with Gasteiger partial charge in [-0.05, 0) is 43.2 Å². The van der Waals surface area contributed by atoms with Gasteiger partial charge in [-0.3, -0.25) is 4.68 Å². The predicted octanol–water partition coefficient (Wildman–Crippen LogP) is 4.12. The molecule has 108 valence electrons. The first-order valence-electron chi connectivity index (χ1n) is 7.34. The number of fused-ring (bicyclic) bond motifs is 1. The van der Waals surface area contributed by atoms with Crippen molar-refractivity contribution in [2.75, 3.05) is 6.61 Å². The molecule has 21 heavy (non-hydrogen) atoms. The molecule has 2 aromatic carbocycles. The number of rotatable bonds is 5. The molecule has 0 bridgehead atoms. The van der Waals surface area contributed by atoms with E-state index in [0.717, 1.165) is 18.7 Å². The zero-order valence-corrected chi connectivity index (χ0v) is 12.5. The molecule has 0 aliphatic heterocycles. The lowest BCUT2D eigenvalue weighted by Crippen LogP contribution is -2.05. The highest BCUT2D eigenvalue weighted by atomic mass is 16.5. The lowest BCUT2D eigenvalue weighted by atomic mass is 10.1. The molecule has 3 nitrogen and oxygen atoms in total. The molecule has 0 spiro atoms. The molecule has 0 radical (unpaired) electrons. The van der Waals surface area contributed by atoms with Crippen molar-refractivity contribution in [3.05, 3.63) is 59.8 Å². The molecular weight excluding hydrogens is 260 g/mol. The zero-order valence-electron chi connectivity index (χ0n) is 12.5. The summed E-state index contributed by atoms with van der Waals surface area (Å²) in [5.41, 5.74) is 3.66. The third-order valence-electron chi connectivity index (χ3n) is 3.53. The van der Waals surface area contributed by atoms with Gasteiger partial charge in [0.1, 0.15) is 5.75 Å². The number of ether oxygens (including phenoxy) is 1. The Morgan fingerprint density at radius 3 is 2.62 bits per heavy atom. The quantitative estimate of drug-likeness (QED) is 0.657. The van der Waals surface area contributed by atoms with E-state index in [-0.39, 0.29) is 0 Å². The third kappa shape index (κ3) is 3.24. The summed E-state index contributed by atoms with van der Waals surface area (Å²) in [5.74, 6) is 0.956. The van der Waals surface area contributed by atoms with Gasteiger partial charge in [0.15, 0.2) is 0 Å². The average molecular weight is 280 g/mol. The fraction of sp³-hybridized carbons (Fsp3) is 0.278. The number of benzene rings is 2. The highest BCUT2D eigenvalue weighted by molar-refractivity contribution is 5.78. The summed E-state index contributed by atoms with van der Waals surface area (Å²) < 4.78 is 7.88. The predicted molar refractivity (Wildman–Crippen MR) is 85.8 cm³/mol. The van der Waals surface area contributed by atoms with Crippen molar-refractivity contribution in [3.8, 4) is 5.75 Å². The van der Waals surface area contributed by atoms with Gasteiger partial charge in [0.2, 0.25) is 0 Å². The van der Waals surface area contributed by atoms with Crippen LogP contribution in [-0.2, 0) is 6.54 Å². The van der Waals surface area contributed by atoms with Crippen LogP contribution in [0.5, 0.6) is 5.75 Å². The minimum atomic E-state index is 0.705. The molecule has 0 saturated carbocycles. The van der Waals surface area contributed by atoms with E-state index in [9.17, 15) is 0 Å².